The highest BCUT2D eigenvalue weighted by atomic mass is 19.1. The predicted molar refractivity (Wildman–Crippen MR) is 188 cm³/mol. The first-order chi connectivity index (χ1) is 23.7. The molecular weight excluding hydrogens is 651 g/mol. The predicted octanol–water partition coefficient (Wildman–Crippen LogP) is 4.52. The fourth-order valence-electron chi connectivity index (χ4n) is 6.04. The third-order valence-electron chi connectivity index (χ3n) is 8.79. The molecule has 0 bridgehead atoms. The molecule has 4 heterocycles. The number of nitro benzene ring substituents is 2. The minimum Gasteiger partial charge on any atom is -0.378 e. The van der Waals surface area contributed by atoms with Gasteiger partial charge in [0.05, 0.1) is 49.1 Å². The molecule has 4 saturated heterocycles. The zero-order valence-corrected chi connectivity index (χ0v) is 28.0. The molecule has 4 fully saturated rings. The van der Waals surface area contributed by atoms with Crippen LogP contribution >= 0.6 is 0 Å². The second-order valence-electron chi connectivity index (χ2n) is 12.3. The maximum absolute atomic E-state index is 13.2. The number of benzene rings is 2. The Hall–Kier alpha value is -4.21. The number of morpholine rings is 2. The average molecular weight is 703 g/mol. The number of carbonyl (C=O) groups is 2. The van der Waals surface area contributed by atoms with Crippen LogP contribution < -0.4 is 10.2 Å². The smallest absolute Gasteiger partial charge is 0.305 e. The van der Waals surface area contributed by atoms with Crippen LogP contribution in [0.15, 0.2) is 36.4 Å². The van der Waals surface area contributed by atoms with Gasteiger partial charge in [0.1, 0.15) is 5.69 Å². The molecule has 276 valence electrons. The van der Waals surface area contributed by atoms with E-state index in [4.69, 9.17) is 9.47 Å². The third kappa shape index (κ3) is 12.6. The Kier molecular flexibility index (Phi) is 17.0. The van der Waals surface area contributed by atoms with Crippen LogP contribution in [-0.2, 0) is 31.9 Å². The van der Waals surface area contributed by atoms with Gasteiger partial charge in [0.15, 0.2) is 0 Å². The Bertz CT molecular complexity index is 1400. The van der Waals surface area contributed by atoms with E-state index in [0.29, 0.717) is 69.4 Å². The molecule has 14 nitrogen and oxygen atoms in total. The fraction of sp³-hybridized carbons (Fsp3) is 0.600. The number of hydrogen-bond acceptors (Lipinski definition) is 10. The van der Waals surface area contributed by atoms with E-state index in [-0.39, 0.29) is 42.7 Å². The lowest BCUT2D eigenvalue weighted by Gasteiger charge is -2.29. The maximum Gasteiger partial charge on any atom is 0.305 e. The molecule has 0 aromatic heterocycles. The van der Waals surface area contributed by atoms with Crippen molar-refractivity contribution in [1.82, 2.24) is 15.1 Å². The molecular formula is C35H51FN6O8. The molecule has 4 aliphatic heterocycles. The summed E-state index contributed by atoms with van der Waals surface area (Å²) in [5.41, 5.74) is 1.29. The van der Waals surface area contributed by atoms with Crippen LogP contribution in [0, 0.1) is 26.0 Å². The van der Waals surface area contributed by atoms with Crippen molar-refractivity contribution >= 4 is 28.9 Å². The first-order valence-electron chi connectivity index (χ1n) is 17.1. The highest BCUT2D eigenvalue weighted by molar-refractivity contribution is 5.80. The number of ether oxygens (including phenoxy) is 2. The Morgan fingerprint density at radius 2 is 1.14 bits per heavy atom. The first kappa shape index (κ1) is 40.2. The van der Waals surface area contributed by atoms with Gasteiger partial charge in [-0.25, -0.2) is 0 Å². The number of anilines is 1. The van der Waals surface area contributed by atoms with E-state index < -0.39 is 16.4 Å². The molecule has 2 aromatic rings. The number of rotatable bonds is 7. The van der Waals surface area contributed by atoms with Crippen molar-refractivity contribution in [2.45, 2.75) is 58.8 Å². The molecule has 0 atom stereocenters. The van der Waals surface area contributed by atoms with Gasteiger partial charge < -0.3 is 29.5 Å². The van der Waals surface area contributed by atoms with Crippen LogP contribution in [0.3, 0.4) is 0 Å². The van der Waals surface area contributed by atoms with Crippen molar-refractivity contribution in [2.24, 2.45) is 0 Å². The number of piperidine rings is 2. The van der Waals surface area contributed by atoms with Crippen LogP contribution in [0.25, 0.3) is 0 Å². The van der Waals surface area contributed by atoms with E-state index in [1.165, 1.54) is 44.8 Å². The monoisotopic (exact) mass is 702 g/mol. The largest absolute Gasteiger partial charge is 0.378 e. The second kappa shape index (κ2) is 21.1. The minimum absolute atomic E-state index is 0. The molecule has 2 amide bonds. The van der Waals surface area contributed by atoms with Gasteiger partial charge in [-0.3, -0.25) is 29.8 Å². The molecule has 0 radical (unpaired) electrons. The molecule has 0 spiro atoms. The van der Waals surface area contributed by atoms with Crippen molar-refractivity contribution in [2.75, 3.05) is 83.7 Å². The van der Waals surface area contributed by atoms with E-state index in [1.54, 1.807) is 21.9 Å². The highest BCUT2D eigenvalue weighted by Gasteiger charge is 2.24. The van der Waals surface area contributed by atoms with E-state index in [9.17, 15) is 34.2 Å². The summed E-state index contributed by atoms with van der Waals surface area (Å²) >= 11 is 0. The van der Waals surface area contributed by atoms with Crippen LogP contribution in [0.1, 0.15) is 57.1 Å². The van der Waals surface area contributed by atoms with Crippen molar-refractivity contribution in [3.05, 3.63) is 73.6 Å². The van der Waals surface area contributed by atoms with Gasteiger partial charge >= 0.3 is 5.69 Å². The van der Waals surface area contributed by atoms with Crippen LogP contribution in [0.4, 0.5) is 21.5 Å². The van der Waals surface area contributed by atoms with Crippen molar-refractivity contribution in [3.63, 3.8) is 0 Å². The summed E-state index contributed by atoms with van der Waals surface area (Å²) in [4.78, 5) is 50.7. The molecule has 0 unspecified atom stereocenters. The lowest BCUT2D eigenvalue weighted by Crippen LogP contribution is -2.41. The van der Waals surface area contributed by atoms with Crippen molar-refractivity contribution in [1.29, 1.82) is 0 Å². The van der Waals surface area contributed by atoms with Crippen molar-refractivity contribution in [3.8, 4) is 0 Å². The van der Waals surface area contributed by atoms with E-state index in [2.05, 4.69) is 10.2 Å². The zero-order chi connectivity index (χ0) is 35.0. The fourth-order valence-corrected chi connectivity index (χ4v) is 6.04. The van der Waals surface area contributed by atoms with Crippen LogP contribution in [-0.4, -0.2) is 110 Å². The Morgan fingerprint density at radius 1 is 0.680 bits per heavy atom. The summed E-state index contributed by atoms with van der Waals surface area (Å²) in [7, 11) is 0. The standard InChI is InChI=1S/C17H23N3O4.C12H13FN2O4.C5H11N.CH4/c21-17(19-8-10-24-11-9-19)13-14-4-5-15(16(12-14)20(22)23)18-6-2-1-3-7-18;13-10-2-1-9(7-11(10)15(17)18)8-12(16)14-3-5-19-6-4-14;1-2-4-6-5-3-1;/h4-5,12H,1-3,6-11,13H2;1-2,7H,3-6,8H2;6H,1-5H2;1H4. The molecule has 50 heavy (non-hydrogen) atoms. The lowest BCUT2D eigenvalue weighted by atomic mass is 10.1. The summed E-state index contributed by atoms with van der Waals surface area (Å²) in [6, 6.07) is 8.71. The normalized spacial score (nSPS) is 17.6. The topological polar surface area (TPSA) is 161 Å². The Morgan fingerprint density at radius 3 is 1.58 bits per heavy atom. The lowest BCUT2D eigenvalue weighted by molar-refractivity contribution is -0.387. The average Bonchev–Trinajstić information content (AvgIpc) is 3.14. The Labute approximate surface area is 293 Å². The summed E-state index contributed by atoms with van der Waals surface area (Å²) in [5.74, 6) is -1.03. The summed E-state index contributed by atoms with van der Waals surface area (Å²) in [5, 5.41) is 25.4. The van der Waals surface area contributed by atoms with Crippen molar-refractivity contribution < 1.29 is 33.3 Å². The van der Waals surface area contributed by atoms with E-state index in [1.807, 2.05) is 6.07 Å². The highest BCUT2D eigenvalue weighted by Crippen LogP contribution is 2.31. The van der Waals surface area contributed by atoms with Gasteiger partial charge in [-0.15, -0.1) is 0 Å². The second-order valence-corrected chi connectivity index (χ2v) is 12.3. The van der Waals surface area contributed by atoms with E-state index in [0.717, 1.165) is 38.1 Å². The molecule has 0 aliphatic carbocycles. The zero-order valence-electron chi connectivity index (χ0n) is 28.0. The van der Waals surface area contributed by atoms with Gasteiger partial charge in [-0.2, -0.15) is 4.39 Å². The summed E-state index contributed by atoms with van der Waals surface area (Å²) in [6.45, 7) is 8.52. The number of hydrogen-bond donors (Lipinski definition) is 1. The number of nitrogens with zero attached hydrogens (tertiary/aromatic N) is 5. The summed E-state index contributed by atoms with van der Waals surface area (Å²) in [6.07, 6.45) is 7.74. The minimum atomic E-state index is -0.896. The summed E-state index contributed by atoms with van der Waals surface area (Å²) < 4.78 is 23.5. The van der Waals surface area contributed by atoms with Gasteiger partial charge in [0, 0.05) is 51.4 Å². The van der Waals surface area contributed by atoms with Gasteiger partial charge in [0.2, 0.25) is 17.6 Å². The molecule has 6 rings (SSSR count). The molecule has 15 heteroatoms. The number of nitrogens with one attached hydrogen (secondary N) is 1. The Balaban J connectivity index is 0.000000232. The molecule has 1 N–H and O–H groups in total. The maximum atomic E-state index is 13.2. The first-order valence-corrected chi connectivity index (χ1v) is 17.1. The third-order valence-corrected chi connectivity index (χ3v) is 8.79. The van der Waals surface area contributed by atoms with Gasteiger partial charge in [-0.1, -0.05) is 26.0 Å². The number of carbonyl (C=O) groups excluding carboxylic acids is 2. The van der Waals surface area contributed by atoms with Gasteiger partial charge in [0.25, 0.3) is 5.69 Å². The molecule has 2 aromatic carbocycles. The SMILES string of the molecule is C.C1CCNCC1.O=C(Cc1ccc(F)c([N+](=O)[O-])c1)N1CCOCC1.O=C(Cc1ccc(N2CCCCC2)c([N+](=O)[O-])c1)N1CCOCC1. The van der Waals surface area contributed by atoms with Gasteiger partial charge in [-0.05, 0) is 68.5 Å². The molecule has 4 aliphatic rings. The van der Waals surface area contributed by atoms with Crippen LogP contribution in [0.2, 0.25) is 0 Å². The number of halogens is 1. The number of amides is 2. The quantitative estimate of drug-likeness (QED) is 0.321. The van der Waals surface area contributed by atoms with E-state index >= 15 is 0 Å². The molecule has 0 saturated carbocycles. The van der Waals surface area contributed by atoms with Crippen LogP contribution in [0.5, 0.6) is 0 Å². The number of nitro groups is 2.